The van der Waals surface area contributed by atoms with Gasteiger partial charge >= 0.3 is 5.97 Å². The predicted molar refractivity (Wildman–Crippen MR) is 82.3 cm³/mol. The van der Waals surface area contributed by atoms with E-state index in [1.165, 1.54) is 7.11 Å². The van der Waals surface area contributed by atoms with E-state index < -0.39 is 6.10 Å². The summed E-state index contributed by atoms with van der Waals surface area (Å²) in [6.07, 6.45) is 4.27. The normalized spacial score (nSPS) is 24.8. The molecule has 2 rings (SSSR count). The van der Waals surface area contributed by atoms with Crippen LogP contribution in [0.2, 0.25) is 0 Å². The van der Waals surface area contributed by atoms with Gasteiger partial charge in [-0.05, 0) is 24.3 Å². The molecule has 0 amide bonds. The van der Waals surface area contributed by atoms with Gasteiger partial charge in [0.05, 0.1) is 19.6 Å². The highest BCUT2D eigenvalue weighted by Gasteiger charge is 2.36. The molecule has 1 aliphatic carbocycles. The lowest BCUT2D eigenvalue weighted by Crippen LogP contribution is -2.21. The van der Waals surface area contributed by atoms with Gasteiger partial charge in [-0.3, -0.25) is 4.79 Å². The molecule has 22 heavy (non-hydrogen) atoms. The third kappa shape index (κ3) is 3.48. The smallest absolute Gasteiger partial charge is 0.309 e. The Balaban J connectivity index is 2.21. The average Bonchev–Trinajstić information content (AvgIpc) is 2.89. The van der Waals surface area contributed by atoms with Gasteiger partial charge in [0, 0.05) is 18.1 Å². The summed E-state index contributed by atoms with van der Waals surface area (Å²) in [7, 11) is 1.33. The molecule has 5 nitrogen and oxygen atoms in total. The number of aliphatic hydroxyl groups is 2. The molecule has 0 aliphatic heterocycles. The van der Waals surface area contributed by atoms with E-state index in [-0.39, 0.29) is 36.6 Å². The zero-order valence-electron chi connectivity index (χ0n) is 12.6. The molecule has 5 heteroatoms. The summed E-state index contributed by atoms with van der Waals surface area (Å²) in [5, 5.41) is 29.8. The number of carbonyl (C=O) groups excluding carboxylic acids is 1. The molecule has 0 spiro atoms. The number of aliphatic hydroxyl groups excluding tert-OH is 2. The second-order valence-corrected chi connectivity index (χ2v) is 5.57. The van der Waals surface area contributed by atoms with Crippen LogP contribution in [-0.2, 0) is 9.53 Å². The number of aromatic hydroxyl groups is 1. The van der Waals surface area contributed by atoms with Crippen molar-refractivity contribution in [2.75, 3.05) is 13.7 Å². The largest absolute Gasteiger partial charge is 0.507 e. The summed E-state index contributed by atoms with van der Waals surface area (Å²) in [4.78, 5) is 11.1. The average molecular weight is 306 g/mol. The third-order valence-electron chi connectivity index (χ3n) is 4.30. The van der Waals surface area contributed by atoms with Gasteiger partial charge in [-0.25, -0.2) is 0 Å². The minimum atomic E-state index is -0.534. The van der Waals surface area contributed by atoms with Crippen molar-refractivity contribution >= 4 is 12.0 Å². The minimum Gasteiger partial charge on any atom is -0.507 e. The number of hydrogen-bond acceptors (Lipinski definition) is 5. The SMILES string of the molecule is COC(=O)C/C=C/c1cccc([C@H]2CC[C@@H](O)C2CO)c1O. The fourth-order valence-electron chi connectivity index (χ4n) is 3.06. The summed E-state index contributed by atoms with van der Waals surface area (Å²) in [6, 6.07) is 5.40. The van der Waals surface area contributed by atoms with Crippen LogP contribution in [0.1, 0.15) is 36.3 Å². The Morgan fingerprint density at radius 2 is 2.18 bits per heavy atom. The highest BCUT2D eigenvalue weighted by molar-refractivity contribution is 5.73. The first-order chi connectivity index (χ1) is 10.6. The molecule has 0 radical (unpaired) electrons. The van der Waals surface area contributed by atoms with Gasteiger partial charge < -0.3 is 20.1 Å². The van der Waals surface area contributed by atoms with E-state index in [0.29, 0.717) is 12.0 Å². The number of ether oxygens (including phenoxy) is 1. The number of esters is 1. The summed E-state index contributed by atoms with van der Waals surface area (Å²) in [5.41, 5.74) is 1.34. The first-order valence-electron chi connectivity index (χ1n) is 7.42. The molecule has 0 bridgehead atoms. The standard InChI is InChI=1S/C17H22O5/c1-22-16(20)7-3-5-11-4-2-6-13(17(11)21)12-8-9-15(19)14(12)10-18/h2-6,12,14-15,18-19,21H,7-10H2,1H3/b5-3+/t12-,14?,15-/m1/s1. The van der Waals surface area contributed by atoms with Crippen LogP contribution in [0.4, 0.5) is 0 Å². The summed E-state index contributed by atoms with van der Waals surface area (Å²) in [6.45, 7) is -0.103. The lowest BCUT2D eigenvalue weighted by atomic mass is 9.87. The van der Waals surface area contributed by atoms with Gasteiger partial charge in [0.1, 0.15) is 5.75 Å². The van der Waals surface area contributed by atoms with E-state index in [2.05, 4.69) is 4.74 Å². The maximum atomic E-state index is 11.1. The van der Waals surface area contributed by atoms with Crippen LogP contribution in [0.15, 0.2) is 24.3 Å². The molecule has 3 N–H and O–H groups in total. The van der Waals surface area contributed by atoms with Crippen molar-refractivity contribution in [2.24, 2.45) is 5.92 Å². The van der Waals surface area contributed by atoms with Crippen molar-refractivity contribution in [3.63, 3.8) is 0 Å². The number of phenolic OH excluding ortho intramolecular Hbond substituents is 1. The van der Waals surface area contributed by atoms with Gasteiger partial charge in [-0.1, -0.05) is 30.4 Å². The molecule has 0 aromatic heterocycles. The fraction of sp³-hybridized carbons (Fsp3) is 0.471. The molecule has 1 aliphatic rings. The quantitative estimate of drug-likeness (QED) is 0.722. The Kier molecular flexibility index (Phi) is 5.57. The predicted octanol–water partition coefficient (Wildman–Crippen LogP) is 1.82. The Morgan fingerprint density at radius 1 is 1.41 bits per heavy atom. The van der Waals surface area contributed by atoms with Gasteiger partial charge in [0.2, 0.25) is 0 Å². The molecule has 120 valence electrons. The summed E-state index contributed by atoms with van der Waals surface area (Å²) < 4.78 is 4.56. The molecule has 0 saturated heterocycles. The number of carbonyl (C=O) groups is 1. The van der Waals surface area contributed by atoms with Crippen molar-refractivity contribution in [3.05, 3.63) is 35.4 Å². The number of hydrogen-bond donors (Lipinski definition) is 3. The van der Waals surface area contributed by atoms with Crippen LogP contribution in [-0.4, -0.2) is 41.1 Å². The van der Waals surface area contributed by atoms with Gasteiger partial charge in [-0.2, -0.15) is 0 Å². The van der Waals surface area contributed by atoms with Crippen molar-refractivity contribution in [3.8, 4) is 5.75 Å². The van der Waals surface area contributed by atoms with Crippen molar-refractivity contribution in [2.45, 2.75) is 31.3 Å². The lowest BCUT2D eigenvalue weighted by Gasteiger charge is -2.21. The van der Waals surface area contributed by atoms with E-state index in [0.717, 1.165) is 12.0 Å². The maximum absolute atomic E-state index is 11.1. The van der Waals surface area contributed by atoms with Crippen LogP contribution in [0.5, 0.6) is 5.75 Å². The number of benzene rings is 1. The Hall–Kier alpha value is -1.85. The molecular weight excluding hydrogens is 284 g/mol. The number of phenols is 1. The second-order valence-electron chi connectivity index (χ2n) is 5.57. The minimum absolute atomic E-state index is 0.0612. The van der Waals surface area contributed by atoms with E-state index in [9.17, 15) is 20.1 Å². The van der Waals surface area contributed by atoms with E-state index in [1.54, 1.807) is 18.2 Å². The van der Waals surface area contributed by atoms with Crippen LogP contribution < -0.4 is 0 Å². The van der Waals surface area contributed by atoms with Gasteiger partial charge in [-0.15, -0.1) is 0 Å². The number of methoxy groups -OCH3 is 1. The molecular formula is C17H22O5. The molecule has 1 saturated carbocycles. The Bertz CT molecular complexity index is 552. The topological polar surface area (TPSA) is 87.0 Å². The number of para-hydroxylation sites is 1. The summed E-state index contributed by atoms with van der Waals surface area (Å²) >= 11 is 0. The zero-order valence-corrected chi connectivity index (χ0v) is 12.6. The van der Waals surface area contributed by atoms with Crippen molar-refractivity contribution in [1.82, 2.24) is 0 Å². The molecule has 0 heterocycles. The highest BCUT2D eigenvalue weighted by Crippen LogP contribution is 2.43. The molecule has 1 aromatic rings. The first kappa shape index (κ1) is 16.5. The number of rotatable bonds is 5. The first-order valence-corrected chi connectivity index (χ1v) is 7.42. The fourth-order valence-corrected chi connectivity index (χ4v) is 3.06. The summed E-state index contributed by atoms with van der Waals surface area (Å²) in [5.74, 6) is -0.513. The van der Waals surface area contributed by atoms with Gasteiger partial charge in [0.15, 0.2) is 0 Å². The van der Waals surface area contributed by atoms with Crippen molar-refractivity contribution in [1.29, 1.82) is 0 Å². The van der Waals surface area contributed by atoms with Gasteiger partial charge in [0.25, 0.3) is 0 Å². The molecule has 1 aromatic carbocycles. The van der Waals surface area contributed by atoms with Crippen LogP contribution >= 0.6 is 0 Å². The second kappa shape index (κ2) is 7.42. The Labute approximate surface area is 129 Å². The molecule has 1 fully saturated rings. The van der Waals surface area contributed by atoms with Crippen LogP contribution in [0.25, 0.3) is 6.08 Å². The zero-order chi connectivity index (χ0) is 16.1. The monoisotopic (exact) mass is 306 g/mol. The molecule has 3 atom stereocenters. The van der Waals surface area contributed by atoms with E-state index >= 15 is 0 Å². The van der Waals surface area contributed by atoms with Crippen molar-refractivity contribution < 1.29 is 24.9 Å². The van der Waals surface area contributed by atoms with E-state index in [1.807, 2.05) is 12.1 Å². The molecule has 1 unspecified atom stereocenters. The van der Waals surface area contributed by atoms with E-state index in [4.69, 9.17) is 0 Å². The van der Waals surface area contributed by atoms with Crippen LogP contribution in [0.3, 0.4) is 0 Å². The third-order valence-corrected chi connectivity index (χ3v) is 4.30. The Morgan fingerprint density at radius 3 is 2.86 bits per heavy atom. The maximum Gasteiger partial charge on any atom is 0.309 e. The van der Waals surface area contributed by atoms with Crippen LogP contribution in [0, 0.1) is 5.92 Å². The lowest BCUT2D eigenvalue weighted by molar-refractivity contribution is -0.139. The highest BCUT2D eigenvalue weighted by atomic mass is 16.5.